The fraction of sp³-hybridized carbons (Fsp3) is 0.667. The number of imidazole rings is 1. The van der Waals surface area contributed by atoms with Crippen LogP contribution in [0.2, 0.25) is 0 Å². The summed E-state index contributed by atoms with van der Waals surface area (Å²) in [7, 11) is 2.00. The van der Waals surface area contributed by atoms with Gasteiger partial charge in [-0.3, -0.25) is 0 Å². The Morgan fingerprint density at radius 1 is 1.79 bits per heavy atom. The molecule has 1 aromatic rings. The second-order valence-electron chi connectivity index (χ2n) is 3.33. The van der Waals surface area contributed by atoms with E-state index in [1.165, 1.54) is 0 Å². The molecule has 0 saturated carbocycles. The van der Waals surface area contributed by atoms with E-state index < -0.39 is 0 Å². The molecule has 2 heterocycles. The predicted octanol–water partition coefficient (Wildman–Crippen LogP) is 2.04. The summed E-state index contributed by atoms with van der Waals surface area (Å²) in [5.74, 6) is 0.519. The lowest BCUT2D eigenvalue weighted by Gasteiger charge is -2.07. The third-order valence-electron chi connectivity index (χ3n) is 2.34. The second-order valence-corrected chi connectivity index (χ2v) is 4.86. The van der Waals surface area contributed by atoms with Crippen molar-refractivity contribution in [3.05, 3.63) is 11.9 Å². The first-order valence-electron chi connectivity index (χ1n) is 4.62. The third kappa shape index (κ3) is 2.07. The van der Waals surface area contributed by atoms with Crippen molar-refractivity contribution in [3.8, 4) is 0 Å². The van der Waals surface area contributed by atoms with Gasteiger partial charge in [-0.25, -0.2) is 4.98 Å². The quantitative estimate of drug-likeness (QED) is 0.747. The molecule has 1 fully saturated rings. The number of alkyl halides is 1. The van der Waals surface area contributed by atoms with Gasteiger partial charge in [0.15, 0.2) is 5.16 Å². The first kappa shape index (κ1) is 10.3. The highest BCUT2D eigenvalue weighted by molar-refractivity contribution is 7.99. The van der Waals surface area contributed by atoms with E-state index in [-0.39, 0.29) is 0 Å². The Morgan fingerprint density at radius 2 is 2.64 bits per heavy atom. The lowest BCUT2D eigenvalue weighted by Crippen LogP contribution is -2.04. The lowest BCUT2D eigenvalue weighted by atomic mass is 10.4. The fourth-order valence-electron chi connectivity index (χ4n) is 1.41. The van der Waals surface area contributed by atoms with E-state index in [0.29, 0.717) is 11.1 Å². The Kier molecular flexibility index (Phi) is 3.36. The zero-order valence-electron chi connectivity index (χ0n) is 8.07. The van der Waals surface area contributed by atoms with Gasteiger partial charge in [-0.1, -0.05) is 11.8 Å². The fourth-order valence-corrected chi connectivity index (χ4v) is 2.73. The van der Waals surface area contributed by atoms with E-state index in [1.54, 1.807) is 11.8 Å². The van der Waals surface area contributed by atoms with Crippen LogP contribution in [0.3, 0.4) is 0 Å². The molecule has 1 aliphatic heterocycles. The summed E-state index contributed by atoms with van der Waals surface area (Å²) in [6.45, 7) is 1.72. The lowest BCUT2D eigenvalue weighted by molar-refractivity contribution is 0.199. The van der Waals surface area contributed by atoms with E-state index in [2.05, 4.69) is 9.55 Å². The minimum atomic E-state index is 0.519. The van der Waals surface area contributed by atoms with Crippen LogP contribution >= 0.6 is 23.4 Å². The van der Waals surface area contributed by atoms with Gasteiger partial charge >= 0.3 is 0 Å². The van der Waals surface area contributed by atoms with E-state index in [0.717, 1.165) is 30.5 Å². The number of halogens is 1. The van der Waals surface area contributed by atoms with E-state index in [9.17, 15) is 0 Å². The summed E-state index contributed by atoms with van der Waals surface area (Å²) in [6.07, 6.45) is 2.96. The Labute approximate surface area is 92.8 Å². The summed E-state index contributed by atoms with van der Waals surface area (Å²) in [4.78, 5) is 4.34. The molecule has 1 saturated heterocycles. The molecule has 1 aliphatic rings. The third-order valence-corrected chi connectivity index (χ3v) is 3.91. The first-order chi connectivity index (χ1) is 6.81. The van der Waals surface area contributed by atoms with Gasteiger partial charge in [0.05, 0.1) is 24.4 Å². The van der Waals surface area contributed by atoms with Crippen LogP contribution in [-0.2, 0) is 17.7 Å². The van der Waals surface area contributed by atoms with Gasteiger partial charge < -0.3 is 9.30 Å². The van der Waals surface area contributed by atoms with Gasteiger partial charge in [-0.2, -0.15) is 0 Å². The number of hydrogen-bond acceptors (Lipinski definition) is 3. The standard InChI is InChI=1S/C9H13ClN2OS/c1-12-7(4-10)5-11-9(12)14-8-2-3-13-6-8/h5,8H,2-4,6H2,1H3. The molecule has 0 radical (unpaired) electrons. The van der Waals surface area contributed by atoms with Gasteiger partial charge in [-0.15, -0.1) is 11.6 Å². The van der Waals surface area contributed by atoms with Gasteiger partial charge in [0.1, 0.15) is 0 Å². The molecule has 5 heteroatoms. The second kappa shape index (κ2) is 4.55. The number of ether oxygens (including phenoxy) is 1. The van der Waals surface area contributed by atoms with E-state index >= 15 is 0 Å². The van der Waals surface area contributed by atoms with Crippen LogP contribution in [0, 0.1) is 0 Å². The maximum Gasteiger partial charge on any atom is 0.168 e. The molecule has 1 unspecified atom stereocenters. The Hall–Kier alpha value is -0.190. The number of hydrogen-bond donors (Lipinski definition) is 0. The first-order valence-corrected chi connectivity index (χ1v) is 6.03. The predicted molar refractivity (Wildman–Crippen MR) is 57.8 cm³/mol. The SMILES string of the molecule is Cn1c(CCl)cnc1SC1CCOC1. The molecular formula is C9H13ClN2OS. The van der Waals surface area contributed by atoms with Gasteiger partial charge in [0, 0.05) is 18.9 Å². The molecule has 1 atom stereocenters. The van der Waals surface area contributed by atoms with Crippen LogP contribution in [0.1, 0.15) is 12.1 Å². The highest BCUT2D eigenvalue weighted by Crippen LogP contribution is 2.27. The van der Waals surface area contributed by atoms with Crippen LogP contribution in [0.4, 0.5) is 0 Å². The van der Waals surface area contributed by atoms with E-state index in [1.807, 2.05) is 13.2 Å². The molecule has 0 bridgehead atoms. The Morgan fingerprint density at radius 3 is 3.21 bits per heavy atom. The summed E-state index contributed by atoms with van der Waals surface area (Å²) in [6, 6.07) is 0. The summed E-state index contributed by atoms with van der Waals surface area (Å²) < 4.78 is 7.37. The van der Waals surface area contributed by atoms with Crippen molar-refractivity contribution in [2.45, 2.75) is 22.7 Å². The Bertz CT molecular complexity index is 310. The van der Waals surface area contributed by atoms with Gasteiger partial charge in [0.25, 0.3) is 0 Å². The minimum absolute atomic E-state index is 0.519. The molecule has 0 N–H and O–H groups in total. The number of thioether (sulfide) groups is 1. The average molecular weight is 233 g/mol. The Balaban J connectivity index is 2.04. The highest BCUT2D eigenvalue weighted by atomic mass is 35.5. The molecule has 3 nitrogen and oxygen atoms in total. The highest BCUT2D eigenvalue weighted by Gasteiger charge is 2.19. The van der Waals surface area contributed by atoms with E-state index in [4.69, 9.17) is 16.3 Å². The van der Waals surface area contributed by atoms with Crippen LogP contribution < -0.4 is 0 Å². The van der Waals surface area contributed by atoms with Crippen molar-refractivity contribution in [2.75, 3.05) is 13.2 Å². The van der Waals surface area contributed by atoms with Crippen molar-refractivity contribution >= 4 is 23.4 Å². The number of rotatable bonds is 3. The van der Waals surface area contributed by atoms with Crippen LogP contribution in [0.25, 0.3) is 0 Å². The van der Waals surface area contributed by atoms with Gasteiger partial charge in [0.2, 0.25) is 0 Å². The van der Waals surface area contributed by atoms with Crippen molar-refractivity contribution < 1.29 is 4.74 Å². The smallest absolute Gasteiger partial charge is 0.168 e. The average Bonchev–Trinajstić information content (AvgIpc) is 2.79. The van der Waals surface area contributed by atoms with Crippen molar-refractivity contribution in [2.24, 2.45) is 7.05 Å². The van der Waals surface area contributed by atoms with Crippen molar-refractivity contribution in [1.29, 1.82) is 0 Å². The summed E-state index contributed by atoms with van der Waals surface area (Å²) in [5, 5.41) is 1.59. The van der Waals surface area contributed by atoms with Crippen LogP contribution in [-0.4, -0.2) is 28.0 Å². The number of aromatic nitrogens is 2. The molecule has 78 valence electrons. The summed E-state index contributed by atoms with van der Waals surface area (Å²) in [5.41, 5.74) is 1.06. The normalized spacial score (nSPS) is 21.7. The summed E-state index contributed by atoms with van der Waals surface area (Å²) >= 11 is 7.55. The van der Waals surface area contributed by atoms with Crippen LogP contribution in [0.15, 0.2) is 11.4 Å². The molecule has 0 spiro atoms. The molecule has 0 amide bonds. The minimum Gasteiger partial charge on any atom is -0.380 e. The molecule has 0 aliphatic carbocycles. The largest absolute Gasteiger partial charge is 0.380 e. The topological polar surface area (TPSA) is 27.1 Å². The molecule has 1 aromatic heterocycles. The maximum absolute atomic E-state index is 5.77. The van der Waals surface area contributed by atoms with Crippen LogP contribution in [0.5, 0.6) is 0 Å². The molecule has 0 aromatic carbocycles. The molecule has 14 heavy (non-hydrogen) atoms. The maximum atomic E-state index is 5.77. The zero-order chi connectivity index (χ0) is 9.97. The molecule has 2 rings (SSSR count). The van der Waals surface area contributed by atoms with Gasteiger partial charge in [-0.05, 0) is 6.42 Å². The van der Waals surface area contributed by atoms with Crippen molar-refractivity contribution in [1.82, 2.24) is 9.55 Å². The number of nitrogens with zero attached hydrogens (tertiary/aromatic N) is 2. The zero-order valence-corrected chi connectivity index (χ0v) is 9.64. The molecular weight excluding hydrogens is 220 g/mol. The monoisotopic (exact) mass is 232 g/mol. The van der Waals surface area contributed by atoms with Crippen molar-refractivity contribution in [3.63, 3.8) is 0 Å².